The minimum atomic E-state index is -0.413. The zero-order valence-electron chi connectivity index (χ0n) is 18.1. The monoisotopic (exact) mass is 473 g/mol. The normalized spacial score (nSPS) is 17.6. The number of halogens is 1. The van der Waals surface area contributed by atoms with Crippen LogP contribution in [-0.4, -0.2) is 19.6 Å². The molecule has 2 atom stereocenters. The van der Waals surface area contributed by atoms with Crippen molar-refractivity contribution in [3.05, 3.63) is 118 Å². The molecule has 1 fully saturated rings. The SMILES string of the molecule is Cc1cc(N2C(=S)N[C@H](c3ccccn3)[C@H]2c2cccn2-c2cccc([N+](=O)[O-])c2)ccc1F. The van der Waals surface area contributed by atoms with Gasteiger partial charge in [0.05, 0.1) is 22.3 Å². The van der Waals surface area contributed by atoms with E-state index in [0.717, 1.165) is 17.1 Å². The van der Waals surface area contributed by atoms with Crippen LogP contribution < -0.4 is 10.2 Å². The summed E-state index contributed by atoms with van der Waals surface area (Å²) >= 11 is 5.74. The number of rotatable bonds is 5. The summed E-state index contributed by atoms with van der Waals surface area (Å²) in [5, 5.41) is 15.2. The number of thiocarbonyl (C=S) groups is 1. The molecule has 170 valence electrons. The Kier molecular flexibility index (Phi) is 5.54. The lowest BCUT2D eigenvalue weighted by Crippen LogP contribution is -2.30. The number of hydrogen-bond acceptors (Lipinski definition) is 4. The third kappa shape index (κ3) is 3.80. The van der Waals surface area contributed by atoms with Crippen LogP contribution in [0.5, 0.6) is 0 Å². The van der Waals surface area contributed by atoms with Crippen molar-refractivity contribution in [1.82, 2.24) is 14.9 Å². The smallest absolute Gasteiger partial charge is 0.271 e. The number of nitro benzene ring substituents is 1. The van der Waals surface area contributed by atoms with Crippen LogP contribution in [-0.2, 0) is 0 Å². The third-order valence-corrected chi connectivity index (χ3v) is 6.23. The fourth-order valence-electron chi connectivity index (χ4n) is 4.34. The minimum Gasteiger partial charge on any atom is -0.351 e. The average Bonchev–Trinajstić information content (AvgIpc) is 3.46. The van der Waals surface area contributed by atoms with Gasteiger partial charge >= 0.3 is 0 Å². The van der Waals surface area contributed by atoms with Crippen LogP contribution in [0, 0.1) is 22.9 Å². The number of hydrogen-bond donors (Lipinski definition) is 1. The second-order valence-corrected chi connectivity index (χ2v) is 8.40. The Bertz CT molecular complexity index is 1390. The predicted molar refractivity (Wildman–Crippen MR) is 131 cm³/mol. The molecule has 0 unspecified atom stereocenters. The maximum atomic E-state index is 14.0. The number of aromatic nitrogens is 2. The molecule has 4 aromatic rings. The molecular formula is C25H20FN5O2S. The lowest BCUT2D eigenvalue weighted by atomic mass is 10.0. The number of nitrogens with zero attached hydrogens (tertiary/aromatic N) is 4. The molecule has 9 heteroatoms. The van der Waals surface area contributed by atoms with Crippen molar-refractivity contribution in [3.8, 4) is 5.69 Å². The Labute approximate surface area is 200 Å². The van der Waals surface area contributed by atoms with Crippen LogP contribution in [0.4, 0.5) is 15.8 Å². The standard InChI is InChI=1S/C25H20FN5O2S/c1-16-14-18(10-11-20(16)26)30-24(23(28-25(30)34)21-8-2-3-12-27-21)22-9-5-13-29(22)17-6-4-7-19(15-17)31(32)33/h2-15,23-24H,1H3,(H,28,34)/t23-,24-/m1/s1. The highest BCUT2D eigenvalue weighted by atomic mass is 32.1. The summed E-state index contributed by atoms with van der Waals surface area (Å²) in [4.78, 5) is 17.4. The Morgan fingerprint density at radius 3 is 2.65 bits per heavy atom. The maximum Gasteiger partial charge on any atom is 0.271 e. The molecule has 1 aliphatic rings. The van der Waals surface area contributed by atoms with Gasteiger partial charge in [0.1, 0.15) is 11.9 Å². The number of nitrogens with one attached hydrogen (secondary N) is 1. The maximum absolute atomic E-state index is 14.0. The van der Waals surface area contributed by atoms with Crippen LogP contribution in [0.1, 0.15) is 29.0 Å². The number of benzene rings is 2. The predicted octanol–water partition coefficient (Wildman–Crippen LogP) is 5.41. The molecule has 1 saturated heterocycles. The van der Waals surface area contributed by atoms with Gasteiger partial charge in [-0.1, -0.05) is 12.1 Å². The molecular weight excluding hydrogens is 453 g/mol. The van der Waals surface area contributed by atoms with E-state index in [1.165, 1.54) is 18.2 Å². The van der Waals surface area contributed by atoms with E-state index in [9.17, 15) is 14.5 Å². The zero-order valence-corrected chi connectivity index (χ0v) is 18.9. The topological polar surface area (TPSA) is 76.2 Å². The lowest BCUT2D eigenvalue weighted by Gasteiger charge is -2.29. The first-order valence-electron chi connectivity index (χ1n) is 10.6. The number of anilines is 1. The molecule has 34 heavy (non-hydrogen) atoms. The first-order chi connectivity index (χ1) is 16.4. The summed E-state index contributed by atoms with van der Waals surface area (Å²) in [5.41, 5.74) is 3.56. The van der Waals surface area contributed by atoms with Crippen molar-refractivity contribution >= 4 is 28.7 Å². The molecule has 0 spiro atoms. The van der Waals surface area contributed by atoms with Crippen LogP contribution in [0.3, 0.4) is 0 Å². The summed E-state index contributed by atoms with van der Waals surface area (Å²) < 4.78 is 16.0. The van der Waals surface area contributed by atoms with Crippen molar-refractivity contribution in [2.45, 2.75) is 19.0 Å². The Morgan fingerprint density at radius 1 is 1.06 bits per heavy atom. The molecule has 5 rings (SSSR count). The number of aryl methyl sites for hydroxylation is 1. The van der Waals surface area contributed by atoms with Crippen LogP contribution in [0.15, 0.2) is 85.2 Å². The molecule has 1 N–H and O–H groups in total. The van der Waals surface area contributed by atoms with Gasteiger partial charge in [-0.2, -0.15) is 0 Å². The highest BCUT2D eigenvalue weighted by Crippen LogP contribution is 2.42. The minimum absolute atomic E-state index is 0.00418. The molecule has 0 aliphatic carbocycles. The van der Waals surface area contributed by atoms with Gasteiger partial charge in [0, 0.05) is 35.9 Å². The van der Waals surface area contributed by atoms with Gasteiger partial charge in [-0.15, -0.1) is 0 Å². The fourth-order valence-corrected chi connectivity index (χ4v) is 4.68. The van der Waals surface area contributed by atoms with Gasteiger partial charge in [0.2, 0.25) is 0 Å². The largest absolute Gasteiger partial charge is 0.351 e. The molecule has 1 aliphatic heterocycles. The van der Waals surface area contributed by atoms with Crippen molar-refractivity contribution in [2.24, 2.45) is 0 Å². The second kappa shape index (κ2) is 8.68. The number of pyridine rings is 1. The van der Waals surface area contributed by atoms with E-state index in [2.05, 4.69) is 10.3 Å². The molecule has 0 amide bonds. The molecule has 2 aromatic heterocycles. The number of nitro groups is 1. The van der Waals surface area contributed by atoms with Crippen molar-refractivity contribution in [3.63, 3.8) is 0 Å². The molecule has 7 nitrogen and oxygen atoms in total. The third-order valence-electron chi connectivity index (χ3n) is 5.92. The van der Waals surface area contributed by atoms with Gasteiger partial charge in [-0.25, -0.2) is 4.39 Å². The second-order valence-electron chi connectivity index (χ2n) is 8.01. The summed E-state index contributed by atoms with van der Waals surface area (Å²) in [6, 6.07) is 20.2. The van der Waals surface area contributed by atoms with E-state index in [0.29, 0.717) is 16.4 Å². The van der Waals surface area contributed by atoms with Gasteiger partial charge in [-0.05, 0) is 73.2 Å². The molecule has 0 bridgehead atoms. The summed E-state index contributed by atoms with van der Waals surface area (Å²) in [6.45, 7) is 1.71. The first kappa shape index (κ1) is 21.7. The molecule has 0 radical (unpaired) electrons. The molecule has 3 heterocycles. The van der Waals surface area contributed by atoms with Gasteiger partial charge in [0.15, 0.2) is 5.11 Å². The van der Waals surface area contributed by atoms with Gasteiger partial charge < -0.3 is 14.8 Å². The Balaban J connectivity index is 1.67. The Hall–Kier alpha value is -4.11. The summed E-state index contributed by atoms with van der Waals surface area (Å²) in [5.74, 6) is -0.292. The van der Waals surface area contributed by atoms with Gasteiger partial charge in [-0.3, -0.25) is 15.1 Å². The van der Waals surface area contributed by atoms with E-state index < -0.39 is 4.92 Å². The van der Waals surface area contributed by atoms with Crippen LogP contribution in [0.25, 0.3) is 5.69 Å². The van der Waals surface area contributed by atoms with E-state index in [1.54, 1.807) is 31.3 Å². The zero-order chi connectivity index (χ0) is 23.8. The Morgan fingerprint density at radius 2 is 1.91 bits per heavy atom. The van der Waals surface area contributed by atoms with Gasteiger partial charge in [0.25, 0.3) is 5.69 Å². The highest BCUT2D eigenvalue weighted by molar-refractivity contribution is 7.80. The molecule has 0 saturated carbocycles. The van der Waals surface area contributed by atoms with E-state index in [4.69, 9.17) is 12.2 Å². The van der Waals surface area contributed by atoms with E-state index in [1.807, 2.05) is 52.1 Å². The van der Waals surface area contributed by atoms with Crippen LogP contribution in [0.2, 0.25) is 0 Å². The molecule has 2 aromatic carbocycles. The first-order valence-corrected chi connectivity index (χ1v) is 11.0. The van der Waals surface area contributed by atoms with E-state index in [-0.39, 0.29) is 23.6 Å². The lowest BCUT2D eigenvalue weighted by molar-refractivity contribution is -0.384. The quantitative estimate of drug-likeness (QED) is 0.237. The fraction of sp³-hybridized carbons (Fsp3) is 0.120. The van der Waals surface area contributed by atoms with Crippen LogP contribution >= 0.6 is 12.2 Å². The number of non-ortho nitro benzene ring substituents is 1. The van der Waals surface area contributed by atoms with Crippen molar-refractivity contribution < 1.29 is 9.31 Å². The summed E-state index contributed by atoms with van der Waals surface area (Å²) in [7, 11) is 0. The van der Waals surface area contributed by atoms with Crippen molar-refractivity contribution in [1.29, 1.82) is 0 Å². The van der Waals surface area contributed by atoms with Crippen molar-refractivity contribution in [2.75, 3.05) is 4.90 Å². The average molecular weight is 474 g/mol. The highest BCUT2D eigenvalue weighted by Gasteiger charge is 2.42. The summed E-state index contributed by atoms with van der Waals surface area (Å²) in [6.07, 6.45) is 3.58. The van der Waals surface area contributed by atoms with E-state index >= 15 is 0 Å².